The van der Waals surface area contributed by atoms with E-state index in [2.05, 4.69) is 10.6 Å². The lowest BCUT2D eigenvalue weighted by Crippen LogP contribution is -2.46. The van der Waals surface area contributed by atoms with Crippen molar-refractivity contribution in [2.24, 2.45) is 5.92 Å². The topological polar surface area (TPSA) is 139 Å². The zero-order valence-electron chi connectivity index (χ0n) is 13.6. The van der Waals surface area contributed by atoms with Gasteiger partial charge < -0.3 is 15.7 Å². The SMILES string of the molecule is CC(C)C[C@H](NC(=O)CNC(=O)c1ccc(Cl)cc1[N+](=O)[O-])C(=O)O. The highest BCUT2D eigenvalue weighted by atomic mass is 35.5. The number of carboxylic acids is 1. The number of nitrogens with one attached hydrogen (secondary N) is 2. The third-order valence-electron chi connectivity index (χ3n) is 3.15. The maximum atomic E-state index is 12.0. The maximum absolute atomic E-state index is 12.0. The van der Waals surface area contributed by atoms with E-state index >= 15 is 0 Å². The number of hydrogen-bond acceptors (Lipinski definition) is 5. The lowest BCUT2D eigenvalue weighted by atomic mass is 10.0. The molecule has 9 nitrogen and oxygen atoms in total. The van der Waals surface area contributed by atoms with E-state index in [4.69, 9.17) is 16.7 Å². The molecule has 0 aliphatic heterocycles. The average molecular weight is 372 g/mol. The number of carbonyl (C=O) groups excluding carboxylic acids is 2. The fraction of sp³-hybridized carbons (Fsp3) is 0.400. The van der Waals surface area contributed by atoms with Crippen LogP contribution in [0.2, 0.25) is 5.02 Å². The Kier molecular flexibility index (Phi) is 7.31. The van der Waals surface area contributed by atoms with Crippen molar-refractivity contribution in [2.75, 3.05) is 6.54 Å². The summed E-state index contributed by atoms with van der Waals surface area (Å²) in [5.41, 5.74) is -0.743. The van der Waals surface area contributed by atoms with Crippen LogP contribution in [0.15, 0.2) is 18.2 Å². The van der Waals surface area contributed by atoms with Crippen molar-refractivity contribution in [3.05, 3.63) is 38.9 Å². The first-order chi connectivity index (χ1) is 11.6. The van der Waals surface area contributed by atoms with E-state index in [0.717, 1.165) is 6.07 Å². The number of amides is 2. The number of hydrogen-bond donors (Lipinski definition) is 3. The predicted molar refractivity (Wildman–Crippen MR) is 89.5 cm³/mol. The van der Waals surface area contributed by atoms with Gasteiger partial charge in [0.05, 0.1) is 11.5 Å². The number of benzene rings is 1. The van der Waals surface area contributed by atoms with Gasteiger partial charge in [0.15, 0.2) is 0 Å². The van der Waals surface area contributed by atoms with Gasteiger partial charge in [-0.25, -0.2) is 4.79 Å². The van der Waals surface area contributed by atoms with Crippen LogP contribution in [0.4, 0.5) is 5.69 Å². The molecule has 0 bridgehead atoms. The summed E-state index contributed by atoms with van der Waals surface area (Å²) in [4.78, 5) is 45.1. The summed E-state index contributed by atoms with van der Waals surface area (Å²) in [6.45, 7) is 3.10. The van der Waals surface area contributed by atoms with Crippen molar-refractivity contribution >= 4 is 35.1 Å². The molecule has 0 radical (unpaired) electrons. The van der Waals surface area contributed by atoms with Gasteiger partial charge in [-0.1, -0.05) is 25.4 Å². The van der Waals surface area contributed by atoms with Gasteiger partial charge in [0, 0.05) is 11.1 Å². The Balaban J connectivity index is 2.72. The number of aliphatic carboxylic acids is 1. The summed E-state index contributed by atoms with van der Waals surface area (Å²) in [6, 6.07) is 2.44. The monoisotopic (exact) mass is 371 g/mol. The first-order valence-electron chi connectivity index (χ1n) is 7.36. The fourth-order valence-electron chi connectivity index (χ4n) is 2.04. The number of nitrogens with zero attached hydrogens (tertiary/aromatic N) is 1. The smallest absolute Gasteiger partial charge is 0.326 e. The molecule has 25 heavy (non-hydrogen) atoms. The molecule has 0 aliphatic carbocycles. The largest absolute Gasteiger partial charge is 0.480 e. The van der Waals surface area contributed by atoms with Gasteiger partial charge in [0.1, 0.15) is 11.6 Å². The number of halogens is 1. The van der Waals surface area contributed by atoms with Crippen molar-refractivity contribution in [1.82, 2.24) is 10.6 Å². The van der Waals surface area contributed by atoms with Crippen LogP contribution in [-0.2, 0) is 9.59 Å². The Hall–Kier alpha value is -2.68. The maximum Gasteiger partial charge on any atom is 0.326 e. The minimum absolute atomic E-state index is 0.0488. The van der Waals surface area contributed by atoms with Crippen molar-refractivity contribution in [3.63, 3.8) is 0 Å². The minimum atomic E-state index is -1.18. The molecule has 0 saturated heterocycles. The summed E-state index contributed by atoms with van der Waals surface area (Å²) < 4.78 is 0. The summed E-state index contributed by atoms with van der Waals surface area (Å²) >= 11 is 5.67. The molecule has 1 aromatic rings. The summed E-state index contributed by atoms with van der Waals surface area (Å²) in [5, 5.41) is 24.6. The fourth-order valence-corrected chi connectivity index (χ4v) is 2.21. The highest BCUT2D eigenvalue weighted by molar-refractivity contribution is 6.31. The quantitative estimate of drug-likeness (QED) is 0.468. The molecule has 0 aromatic heterocycles. The summed E-state index contributed by atoms with van der Waals surface area (Å²) in [6.07, 6.45) is 0.234. The van der Waals surface area contributed by atoms with Gasteiger partial charge >= 0.3 is 5.97 Å². The highest BCUT2D eigenvalue weighted by Crippen LogP contribution is 2.22. The van der Waals surface area contributed by atoms with E-state index in [0.29, 0.717) is 0 Å². The van der Waals surface area contributed by atoms with Crippen LogP contribution >= 0.6 is 11.6 Å². The lowest BCUT2D eigenvalue weighted by Gasteiger charge is -2.16. The molecule has 0 fully saturated rings. The molecule has 136 valence electrons. The van der Waals surface area contributed by atoms with Crippen molar-refractivity contribution < 1.29 is 24.4 Å². The molecule has 1 atom stereocenters. The molecular weight excluding hydrogens is 354 g/mol. The van der Waals surface area contributed by atoms with Gasteiger partial charge in [0.2, 0.25) is 5.91 Å². The van der Waals surface area contributed by atoms with E-state index in [1.807, 2.05) is 13.8 Å². The zero-order valence-corrected chi connectivity index (χ0v) is 14.4. The minimum Gasteiger partial charge on any atom is -0.480 e. The van der Waals surface area contributed by atoms with Crippen molar-refractivity contribution in [1.29, 1.82) is 0 Å². The standard InChI is InChI=1S/C15H18ClN3O6/c1-8(2)5-11(15(22)23)18-13(20)7-17-14(21)10-4-3-9(16)6-12(10)19(24)25/h3-4,6,8,11H,5,7H2,1-2H3,(H,17,21)(H,18,20)(H,22,23)/t11-/m0/s1. The second-order valence-electron chi connectivity index (χ2n) is 5.69. The summed E-state index contributed by atoms with van der Waals surface area (Å²) in [7, 11) is 0. The predicted octanol–water partition coefficient (Wildman–Crippen LogP) is 1.59. The van der Waals surface area contributed by atoms with Crippen LogP contribution in [0, 0.1) is 16.0 Å². The van der Waals surface area contributed by atoms with Crippen molar-refractivity contribution in [3.8, 4) is 0 Å². The van der Waals surface area contributed by atoms with Crippen molar-refractivity contribution in [2.45, 2.75) is 26.3 Å². The highest BCUT2D eigenvalue weighted by Gasteiger charge is 2.23. The van der Waals surface area contributed by atoms with Crippen LogP contribution in [0.25, 0.3) is 0 Å². The third-order valence-corrected chi connectivity index (χ3v) is 3.39. The normalized spacial score (nSPS) is 11.7. The van der Waals surface area contributed by atoms with Gasteiger partial charge in [-0.3, -0.25) is 19.7 Å². The lowest BCUT2D eigenvalue weighted by molar-refractivity contribution is -0.385. The van der Waals surface area contributed by atoms with Gasteiger partial charge in [-0.15, -0.1) is 0 Å². The van der Waals surface area contributed by atoms with Gasteiger partial charge in [-0.05, 0) is 24.5 Å². The van der Waals surface area contributed by atoms with Gasteiger partial charge in [0.25, 0.3) is 11.6 Å². The summed E-state index contributed by atoms with van der Waals surface area (Å²) in [5.74, 6) is -2.68. The molecule has 3 N–H and O–H groups in total. The molecule has 2 amide bonds. The van der Waals surface area contributed by atoms with E-state index in [1.54, 1.807) is 0 Å². The Morgan fingerprint density at radius 3 is 2.48 bits per heavy atom. The number of rotatable bonds is 8. The van der Waals surface area contributed by atoms with E-state index in [1.165, 1.54) is 12.1 Å². The van der Waals surface area contributed by atoms with Crippen LogP contribution in [-0.4, -0.2) is 40.4 Å². The third kappa shape index (κ3) is 6.38. The number of carboxylic acid groups (broad SMARTS) is 1. The van der Waals surface area contributed by atoms with Gasteiger partial charge in [-0.2, -0.15) is 0 Å². The molecular formula is C15H18ClN3O6. The zero-order chi connectivity index (χ0) is 19.1. The average Bonchev–Trinajstić information content (AvgIpc) is 2.51. The Morgan fingerprint density at radius 2 is 1.96 bits per heavy atom. The molecule has 0 heterocycles. The molecule has 0 aliphatic rings. The molecule has 10 heteroatoms. The van der Waals surface area contributed by atoms with E-state index < -0.39 is 41.0 Å². The van der Waals surface area contributed by atoms with E-state index in [9.17, 15) is 24.5 Å². The van der Waals surface area contributed by atoms with Crippen LogP contribution in [0.5, 0.6) is 0 Å². The second kappa shape index (κ2) is 8.97. The Labute approximate surface area is 148 Å². The van der Waals surface area contributed by atoms with E-state index in [-0.39, 0.29) is 22.9 Å². The number of carbonyl (C=O) groups is 3. The molecule has 0 unspecified atom stereocenters. The Morgan fingerprint density at radius 1 is 1.32 bits per heavy atom. The van der Waals surface area contributed by atoms with Crippen LogP contribution in [0.1, 0.15) is 30.6 Å². The Bertz CT molecular complexity index is 692. The molecule has 0 spiro atoms. The first kappa shape index (κ1) is 20.4. The first-order valence-corrected chi connectivity index (χ1v) is 7.74. The second-order valence-corrected chi connectivity index (χ2v) is 6.13. The molecule has 1 rings (SSSR count). The van der Waals surface area contributed by atoms with Crippen LogP contribution < -0.4 is 10.6 Å². The number of nitro groups is 1. The molecule has 1 aromatic carbocycles. The molecule has 0 saturated carbocycles. The van der Waals surface area contributed by atoms with Crippen LogP contribution in [0.3, 0.4) is 0 Å². The number of nitro benzene ring substituents is 1.